The fourth-order valence-corrected chi connectivity index (χ4v) is 3.37. The Morgan fingerprint density at radius 3 is 2.29 bits per heavy atom. The normalized spacial score (nSPS) is 18.9. The molecule has 0 atom stereocenters. The number of nitrogens with zero attached hydrogens (tertiary/aromatic N) is 1. The highest BCUT2D eigenvalue weighted by Gasteiger charge is 2.20. The van der Waals surface area contributed by atoms with Crippen molar-refractivity contribution < 1.29 is 14.7 Å². The third-order valence-electron chi connectivity index (χ3n) is 5.12. The van der Waals surface area contributed by atoms with E-state index < -0.39 is 0 Å². The van der Waals surface area contributed by atoms with E-state index in [0.717, 1.165) is 36.9 Å². The molecule has 1 fully saturated rings. The minimum atomic E-state index is -0.242. The summed E-state index contributed by atoms with van der Waals surface area (Å²) < 4.78 is 0. The smallest absolute Gasteiger partial charge is 0.319 e. The van der Waals surface area contributed by atoms with Crippen LogP contribution >= 0.6 is 0 Å². The maximum absolute atomic E-state index is 12.4. The first kappa shape index (κ1) is 19.9. The number of hydrogen-bond donors (Lipinski definition) is 3. The molecule has 2 aromatic rings. The van der Waals surface area contributed by atoms with Crippen LogP contribution in [0.2, 0.25) is 0 Å². The van der Waals surface area contributed by atoms with Gasteiger partial charge in [-0.05, 0) is 55.5 Å². The molecule has 0 spiro atoms. The number of rotatable bonds is 5. The van der Waals surface area contributed by atoms with E-state index in [1.54, 1.807) is 24.1 Å². The molecule has 0 radical (unpaired) electrons. The van der Waals surface area contributed by atoms with Crippen LogP contribution in [0.15, 0.2) is 54.6 Å². The predicted molar refractivity (Wildman–Crippen MR) is 110 cm³/mol. The number of benzene rings is 2. The number of urea groups is 1. The number of anilines is 2. The highest BCUT2D eigenvalue weighted by atomic mass is 16.3. The number of likely N-dealkylation sites (N-methyl/N-ethyl adjacent to an activating group) is 1. The number of amides is 3. The van der Waals surface area contributed by atoms with Gasteiger partial charge in [0.15, 0.2) is 0 Å². The van der Waals surface area contributed by atoms with Gasteiger partial charge in [0.2, 0.25) is 5.91 Å². The summed E-state index contributed by atoms with van der Waals surface area (Å²) in [7, 11) is 1.77. The molecule has 3 N–H and O–H groups in total. The zero-order valence-electron chi connectivity index (χ0n) is 16.1. The van der Waals surface area contributed by atoms with Gasteiger partial charge in [0.1, 0.15) is 0 Å². The van der Waals surface area contributed by atoms with E-state index in [1.807, 2.05) is 42.5 Å². The van der Waals surface area contributed by atoms with Crippen LogP contribution in [0.25, 0.3) is 0 Å². The van der Waals surface area contributed by atoms with Crippen molar-refractivity contribution in [1.29, 1.82) is 0 Å². The second kappa shape index (κ2) is 9.37. The van der Waals surface area contributed by atoms with E-state index in [-0.39, 0.29) is 24.1 Å². The Hall–Kier alpha value is -2.86. The van der Waals surface area contributed by atoms with Gasteiger partial charge in [-0.1, -0.05) is 30.3 Å². The highest BCUT2D eigenvalue weighted by molar-refractivity contribution is 5.94. The Bertz CT molecular complexity index is 784. The molecule has 3 rings (SSSR count). The Kier molecular flexibility index (Phi) is 6.66. The average molecular weight is 381 g/mol. The summed E-state index contributed by atoms with van der Waals surface area (Å²) in [4.78, 5) is 26.2. The van der Waals surface area contributed by atoms with E-state index in [2.05, 4.69) is 10.6 Å². The number of para-hydroxylation sites is 1. The van der Waals surface area contributed by atoms with Crippen molar-refractivity contribution in [2.45, 2.75) is 44.2 Å². The van der Waals surface area contributed by atoms with E-state index in [4.69, 9.17) is 0 Å². The number of nitrogens with one attached hydrogen (secondary N) is 2. The number of carbonyl (C=O) groups is 2. The monoisotopic (exact) mass is 381 g/mol. The molecular weight excluding hydrogens is 354 g/mol. The second-order valence-corrected chi connectivity index (χ2v) is 7.27. The van der Waals surface area contributed by atoms with Crippen LogP contribution in [0.5, 0.6) is 0 Å². The van der Waals surface area contributed by atoms with Crippen LogP contribution in [-0.4, -0.2) is 36.2 Å². The van der Waals surface area contributed by atoms with E-state index in [0.29, 0.717) is 12.1 Å². The standard InChI is InChI=1S/C22H27N3O3/c1-25(19-5-3-2-4-6-19)21(27)15-16-7-9-17(10-8-16)23-22(28)24-18-11-13-20(26)14-12-18/h2-10,18,20,26H,11-15H2,1H3,(H2,23,24,28). The zero-order chi connectivity index (χ0) is 19.9. The minimum Gasteiger partial charge on any atom is -0.393 e. The Morgan fingerprint density at radius 1 is 1.00 bits per heavy atom. The molecule has 0 aromatic heterocycles. The van der Waals surface area contributed by atoms with Gasteiger partial charge in [0.05, 0.1) is 12.5 Å². The highest BCUT2D eigenvalue weighted by Crippen LogP contribution is 2.19. The van der Waals surface area contributed by atoms with E-state index >= 15 is 0 Å². The first-order chi connectivity index (χ1) is 13.5. The Balaban J connectivity index is 1.49. The van der Waals surface area contributed by atoms with Crippen LogP contribution in [0.4, 0.5) is 16.2 Å². The number of aliphatic hydroxyl groups is 1. The first-order valence-corrected chi connectivity index (χ1v) is 9.67. The van der Waals surface area contributed by atoms with Gasteiger partial charge in [0, 0.05) is 24.5 Å². The van der Waals surface area contributed by atoms with Gasteiger partial charge in [-0.15, -0.1) is 0 Å². The summed E-state index contributed by atoms with van der Waals surface area (Å²) in [6, 6.07) is 16.7. The molecule has 148 valence electrons. The van der Waals surface area contributed by atoms with Gasteiger partial charge in [-0.2, -0.15) is 0 Å². The predicted octanol–water partition coefficient (Wildman–Crippen LogP) is 3.32. The lowest BCUT2D eigenvalue weighted by atomic mass is 9.93. The number of hydrogen-bond acceptors (Lipinski definition) is 3. The summed E-state index contributed by atoms with van der Waals surface area (Å²) in [5.74, 6) is 0.00383. The molecule has 0 saturated heterocycles. The van der Waals surface area contributed by atoms with Gasteiger partial charge in [0.25, 0.3) is 0 Å². The lowest BCUT2D eigenvalue weighted by molar-refractivity contribution is -0.117. The molecule has 1 saturated carbocycles. The summed E-state index contributed by atoms with van der Waals surface area (Å²) in [5, 5.41) is 15.3. The molecule has 0 unspecified atom stereocenters. The van der Waals surface area contributed by atoms with Crippen molar-refractivity contribution in [1.82, 2.24) is 5.32 Å². The SMILES string of the molecule is CN(C(=O)Cc1ccc(NC(=O)NC2CCC(O)CC2)cc1)c1ccccc1. The van der Waals surface area contributed by atoms with Gasteiger partial charge < -0.3 is 20.6 Å². The summed E-state index contributed by atoms with van der Waals surface area (Å²) >= 11 is 0. The molecular formula is C22H27N3O3. The maximum Gasteiger partial charge on any atom is 0.319 e. The van der Waals surface area contributed by atoms with Crippen molar-refractivity contribution in [3.05, 3.63) is 60.2 Å². The molecule has 1 aliphatic carbocycles. The first-order valence-electron chi connectivity index (χ1n) is 9.67. The quantitative estimate of drug-likeness (QED) is 0.743. The van der Waals surface area contributed by atoms with Gasteiger partial charge >= 0.3 is 6.03 Å². The molecule has 6 nitrogen and oxygen atoms in total. The van der Waals surface area contributed by atoms with Crippen molar-refractivity contribution >= 4 is 23.3 Å². The lowest BCUT2D eigenvalue weighted by Gasteiger charge is -2.26. The van der Waals surface area contributed by atoms with E-state index in [1.165, 1.54) is 0 Å². The molecule has 1 aliphatic rings. The average Bonchev–Trinajstić information content (AvgIpc) is 2.71. The van der Waals surface area contributed by atoms with Crippen molar-refractivity contribution in [3.8, 4) is 0 Å². The van der Waals surface area contributed by atoms with Gasteiger partial charge in [-0.3, -0.25) is 4.79 Å². The summed E-state index contributed by atoms with van der Waals surface area (Å²) in [6.07, 6.45) is 3.10. The third-order valence-corrected chi connectivity index (χ3v) is 5.12. The molecule has 6 heteroatoms. The molecule has 0 aliphatic heterocycles. The summed E-state index contributed by atoms with van der Waals surface area (Å²) in [6.45, 7) is 0. The second-order valence-electron chi connectivity index (χ2n) is 7.27. The van der Waals surface area contributed by atoms with Crippen LogP contribution in [0.1, 0.15) is 31.2 Å². The van der Waals surface area contributed by atoms with E-state index in [9.17, 15) is 14.7 Å². The Morgan fingerprint density at radius 2 is 1.64 bits per heavy atom. The zero-order valence-corrected chi connectivity index (χ0v) is 16.1. The van der Waals surface area contributed by atoms with Crippen LogP contribution in [-0.2, 0) is 11.2 Å². The summed E-state index contributed by atoms with van der Waals surface area (Å²) in [5.41, 5.74) is 2.43. The fourth-order valence-electron chi connectivity index (χ4n) is 3.37. The van der Waals surface area contributed by atoms with Crippen LogP contribution in [0, 0.1) is 0 Å². The van der Waals surface area contributed by atoms with Crippen molar-refractivity contribution in [2.24, 2.45) is 0 Å². The lowest BCUT2D eigenvalue weighted by Crippen LogP contribution is -2.40. The Labute approximate surface area is 165 Å². The van der Waals surface area contributed by atoms with Crippen LogP contribution in [0.3, 0.4) is 0 Å². The van der Waals surface area contributed by atoms with Gasteiger partial charge in [-0.25, -0.2) is 4.79 Å². The maximum atomic E-state index is 12.4. The number of carbonyl (C=O) groups excluding carboxylic acids is 2. The van der Waals surface area contributed by atoms with Crippen LogP contribution < -0.4 is 15.5 Å². The molecule has 28 heavy (non-hydrogen) atoms. The molecule has 2 aromatic carbocycles. The van der Waals surface area contributed by atoms with Crippen molar-refractivity contribution in [2.75, 3.05) is 17.3 Å². The largest absolute Gasteiger partial charge is 0.393 e. The fraction of sp³-hybridized carbons (Fsp3) is 0.364. The minimum absolute atomic E-state index is 0.00383. The third kappa shape index (κ3) is 5.57. The molecule has 0 bridgehead atoms. The number of aliphatic hydroxyl groups excluding tert-OH is 1. The molecule has 3 amide bonds. The van der Waals surface area contributed by atoms with Crippen molar-refractivity contribution in [3.63, 3.8) is 0 Å². The molecule has 0 heterocycles. The topological polar surface area (TPSA) is 81.7 Å².